The van der Waals surface area contributed by atoms with E-state index < -0.39 is 31.0 Å². The number of amides is 2. The first kappa shape index (κ1) is 27.7. The van der Waals surface area contributed by atoms with Gasteiger partial charge in [-0.25, -0.2) is 18.7 Å². The highest BCUT2D eigenvalue weighted by Crippen LogP contribution is 2.37. The number of hydrogen-bond donors (Lipinski definition) is 2. The van der Waals surface area contributed by atoms with E-state index in [0.717, 1.165) is 36.8 Å². The molecule has 0 spiro atoms. The molecule has 4 aromatic heterocycles. The average molecular weight is 579 g/mol. The zero-order chi connectivity index (χ0) is 29.6. The molecule has 1 saturated carbocycles. The first-order valence-corrected chi connectivity index (χ1v) is 14.2. The van der Waals surface area contributed by atoms with Crippen LogP contribution in [0.2, 0.25) is 0 Å². The molecule has 0 unspecified atom stereocenters. The van der Waals surface area contributed by atoms with Crippen LogP contribution < -0.4 is 10.0 Å². The van der Waals surface area contributed by atoms with E-state index in [9.17, 15) is 23.6 Å². The number of likely N-dealkylation sites (tertiary alicyclic amines) is 1. The zero-order valence-electron chi connectivity index (χ0n) is 23.4. The Balaban J connectivity index is 1.33. The molecule has 13 heteroatoms. The van der Waals surface area contributed by atoms with Crippen LogP contribution in [0.5, 0.6) is 0 Å². The van der Waals surface area contributed by atoms with Gasteiger partial charge >= 0.3 is 0 Å². The van der Waals surface area contributed by atoms with E-state index in [1.54, 1.807) is 29.1 Å². The number of aryl methyl sites for hydroxylation is 1. The average Bonchev–Trinajstić information content (AvgIpc) is 3.61. The standard InChI is InChI=1S/C29H32F2N8O3/c1-3-39-23(10-12-32-39)27(40)35-24(18-6-4-17(2)5-7-18)26-34-22-9-8-21(33-25(22)36-26)20-14-38(42)13-11-19(20)28(41)37-15-29(30,31)16-37/h8-14,17-18,24H,3-7,15-16H2,1-2H3,(H,35,40)(H,33,34,36)/t17?,18?,24-/m0/s1. The van der Waals surface area contributed by atoms with E-state index in [2.05, 4.69) is 27.3 Å². The normalized spacial score (nSPS) is 20.7. The van der Waals surface area contributed by atoms with Gasteiger partial charge in [0.15, 0.2) is 18.0 Å². The van der Waals surface area contributed by atoms with Gasteiger partial charge in [0, 0.05) is 18.8 Å². The van der Waals surface area contributed by atoms with Gasteiger partial charge in [-0.3, -0.25) is 14.3 Å². The van der Waals surface area contributed by atoms with Crippen molar-refractivity contribution in [1.29, 1.82) is 0 Å². The van der Waals surface area contributed by atoms with Crippen LogP contribution in [0, 0.1) is 17.0 Å². The van der Waals surface area contributed by atoms with Crippen LogP contribution in [0.3, 0.4) is 0 Å². The highest BCUT2D eigenvalue weighted by molar-refractivity contribution is 6.01. The molecule has 2 fully saturated rings. The number of hydrogen-bond acceptors (Lipinski definition) is 6. The molecule has 11 nitrogen and oxygen atoms in total. The number of pyridine rings is 2. The van der Waals surface area contributed by atoms with Gasteiger partial charge in [-0.15, -0.1) is 0 Å². The van der Waals surface area contributed by atoms with Gasteiger partial charge in [-0.1, -0.05) is 19.8 Å². The van der Waals surface area contributed by atoms with E-state index in [-0.39, 0.29) is 23.0 Å². The second-order valence-electron chi connectivity index (χ2n) is 11.3. The van der Waals surface area contributed by atoms with Crippen LogP contribution in [0.1, 0.15) is 72.2 Å². The number of alkyl halides is 2. The number of nitrogens with one attached hydrogen (secondary N) is 2. The SMILES string of the molecule is CCn1nccc1C(=O)N[C@H](c1nc2nc(-c3c[n+]([O-])ccc3C(=O)N3CC(F)(F)C3)ccc2[nH]1)C1CCC(C)CC1. The topological polar surface area (TPSA) is 136 Å². The van der Waals surface area contributed by atoms with Crippen LogP contribution in [0.15, 0.2) is 42.9 Å². The summed E-state index contributed by atoms with van der Waals surface area (Å²) in [5.74, 6) is -2.40. The van der Waals surface area contributed by atoms with E-state index in [1.807, 2.05) is 6.92 Å². The lowest BCUT2D eigenvalue weighted by atomic mass is 9.79. The Kier molecular flexibility index (Phi) is 7.11. The molecule has 0 radical (unpaired) electrons. The summed E-state index contributed by atoms with van der Waals surface area (Å²) in [6.45, 7) is 3.38. The van der Waals surface area contributed by atoms with E-state index in [4.69, 9.17) is 4.98 Å². The quantitative estimate of drug-likeness (QED) is 0.253. The lowest BCUT2D eigenvalue weighted by Gasteiger charge is -2.38. The Labute approximate surface area is 240 Å². The molecule has 42 heavy (non-hydrogen) atoms. The lowest BCUT2D eigenvalue weighted by Crippen LogP contribution is -2.58. The lowest BCUT2D eigenvalue weighted by molar-refractivity contribution is -0.604. The minimum absolute atomic E-state index is 0.106. The Morgan fingerprint density at radius 1 is 1.17 bits per heavy atom. The summed E-state index contributed by atoms with van der Waals surface area (Å²) in [6, 6.07) is 6.01. The first-order valence-electron chi connectivity index (χ1n) is 14.2. The molecular formula is C29H32F2N8O3. The second kappa shape index (κ2) is 10.8. The maximum atomic E-state index is 13.4. The van der Waals surface area contributed by atoms with Crippen molar-refractivity contribution in [3.8, 4) is 11.3 Å². The molecule has 4 aromatic rings. The summed E-state index contributed by atoms with van der Waals surface area (Å²) in [4.78, 5) is 40.1. The molecule has 1 aliphatic heterocycles. The van der Waals surface area contributed by atoms with Gasteiger partial charge in [0.25, 0.3) is 17.7 Å². The van der Waals surface area contributed by atoms with Crippen molar-refractivity contribution in [2.45, 2.75) is 58.0 Å². The predicted octanol–water partition coefficient (Wildman–Crippen LogP) is 3.86. The van der Waals surface area contributed by atoms with Crippen molar-refractivity contribution in [3.05, 3.63) is 65.1 Å². The fourth-order valence-corrected chi connectivity index (χ4v) is 5.92. The number of rotatable bonds is 7. The molecule has 220 valence electrons. The number of halogens is 2. The molecular weight excluding hydrogens is 546 g/mol. The molecule has 2 amide bonds. The molecule has 0 aromatic carbocycles. The number of aromatic amines is 1. The van der Waals surface area contributed by atoms with E-state index in [0.29, 0.717) is 45.6 Å². The van der Waals surface area contributed by atoms with Crippen molar-refractivity contribution in [3.63, 3.8) is 0 Å². The Morgan fingerprint density at radius 2 is 1.93 bits per heavy atom. The van der Waals surface area contributed by atoms with Crippen LogP contribution in [-0.2, 0) is 6.54 Å². The fraction of sp³-hybridized carbons (Fsp3) is 0.448. The van der Waals surface area contributed by atoms with Gasteiger partial charge in [0.05, 0.1) is 41.5 Å². The number of imidazole rings is 1. The smallest absolute Gasteiger partial charge is 0.282 e. The third-order valence-electron chi connectivity index (χ3n) is 8.30. The maximum absolute atomic E-state index is 13.4. The molecule has 5 heterocycles. The highest BCUT2D eigenvalue weighted by Gasteiger charge is 2.47. The summed E-state index contributed by atoms with van der Waals surface area (Å²) in [5, 5.41) is 19.6. The Morgan fingerprint density at radius 3 is 2.64 bits per heavy atom. The summed E-state index contributed by atoms with van der Waals surface area (Å²) >= 11 is 0. The van der Waals surface area contributed by atoms with E-state index >= 15 is 0 Å². The Hall–Kier alpha value is -4.42. The zero-order valence-corrected chi connectivity index (χ0v) is 23.4. The summed E-state index contributed by atoms with van der Waals surface area (Å²) in [7, 11) is 0. The Bertz CT molecular complexity index is 1630. The number of nitrogens with zero attached hydrogens (tertiary/aromatic N) is 6. The molecule has 1 atom stereocenters. The molecule has 1 saturated heterocycles. The number of H-pyrrole nitrogens is 1. The van der Waals surface area contributed by atoms with Crippen LogP contribution in [0.25, 0.3) is 22.4 Å². The molecule has 2 aliphatic rings. The third-order valence-corrected chi connectivity index (χ3v) is 8.30. The number of carbonyl (C=O) groups is 2. The van der Waals surface area contributed by atoms with Crippen LogP contribution in [-0.4, -0.2) is 60.5 Å². The monoisotopic (exact) mass is 578 g/mol. The van der Waals surface area contributed by atoms with Crippen molar-refractivity contribution in [1.82, 2.24) is 34.9 Å². The van der Waals surface area contributed by atoms with Gasteiger partial charge in [-0.05, 0) is 49.8 Å². The number of aromatic nitrogens is 6. The second-order valence-corrected chi connectivity index (χ2v) is 11.3. The van der Waals surface area contributed by atoms with Crippen molar-refractivity contribution < 1.29 is 23.1 Å². The van der Waals surface area contributed by atoms with Crippen molar-refractivity contribution in [2.24, 2.45) is 11.8 Å². The summed E-state index contributed by atoms with van der Waals surface area (Å²) in [6.07, 6.45) is 7.93. The number of fused-ring (bicyclic) bond motifs is 1. The molecule has 1 aliphatic carbocycles. The molecule has 2 N–H and O–H groups in total. The minimum atomic E-state index is -2.91. The van der Waals surface area contributed by atoms with Crippen LogP contribution in [0.4, 0.5) is 8.78 Å². The predicted molar refractivity (Wildman–Crippen MR) is 148 cm³/mol. The largest absolute Gasteiger partial charge is 0.619 e. The van der Waals surface area contributed by atoms with E-state index in [1.165, 1.54) is 12.3 Å². The maximum Gasteiger partial charge on any atom is 0.282 e. The van der Waals surface area contributed by atoms with Gasteiger partial charge in [0.1, 0.15) is 11.5 Å². The molecule has 0 bridgehead atoms. The first-order chi connectivity index (χ1) is 20.1. The number of carbonyl (C=O) groups excluding carboxylic acids is 2. The van der Waals surface area contributed by atoms with Gasteiger partial charge in [-0.2, -0.15) is 9.83 Å². The van der Waals surface area contributed by atoms with Crippen molar-refractivity contribution >= 4 is 23.0 Å². The molecule has 6 rings (SSSR count). The summed E-state index contributed by atoms with van der Waals surface area (Å²) < 4.78 is 29.1. The van der Waals surface area contributed by atoms with Gasteiger partial charge < -0.3 is 20.4 Å². The third kappa shape index (κ3) is 5.30. The van der Waals surface area contributed by atoms with Crippen LogP contribution >= 0.6 is 0 Å². The van der Waals surface area contributed by atoms with Crippen molar-refractivity contribution in [2.75, 3.05) is 13.1 Å². The minimum Gasteiger partial charge on any atom is -0.619 e. The summed E-state index contributed by atoms with van der Waals surface area (Å²) in [5.41, 5.74) is 2.07. The highest BCUT2D eigenvalue weighted by atomic mass is 19.3. The van der Waals surface area contributed by atoms with Gasteiger partial charge in [0.2, 0.25) is 0 Å². The fourth-order valence-electron chi connectivity index (χ4n) is 5.92.